The van der Waals surface area contributed by atoms with E-state index >= 15 is 0 Å². The number of carbonyl (C=O) groups excluding carboxylic acids is 1. The largest absolute Gasteiger partial charge is 0.494 e. The lowest BCUT2D eigenvalue weighted by Gasteiger charge is -2.32. The van der Waals surface area contributed by atoms with Crippen molar-refractivity contribution >= 4 is 24.3 Å². The van der Waals surface area contributed by atoms with E-state index in [1.807, 2.05) is 65.8 Å². The molecule has 5 nitrogen and oxygen atoms in total. The first-order chi connectivity index (χ1) is 10.1. The summed E-state index contributed by atoms with van der Waals surface area (Å²) in [7, 11) is -0.431. The Balaban J connectivity index is 2.11. The molecule has 0 aromatic heterocycles. The molecule has 2 N–H and O–H groups in total. The zero-order valence-corrected chi connectivity index (χ0v) is 14.2. The van der Waals surface area contributed by atoms with Crippen LogP contribution in [-0.4, -0.2) is 30.4 Å². The molecular formula is C16H25BN2O3. The Kier molecular flexibility index (Phi) is 4.54. The molecule has 0 radical (unpaired) electrons. The second kappa shape index (κ2) is 5.93. The van der Waals surface area contributed by atoms with Crippen molar-refractivity contribution < 1.29 is 14.1 Å². The molecule has 120 valence electrons. The first kappa shape index (κ1) is 16.8. The summed E-state index contributed by atoms with van der Waals surface area (Å²) < 4.78 is 12.0. The average Bonchev–Trinajstić information content (AvgIpc) is 2.57. The Hall–Kier alpha value is -1.53. The van der Waals surface area contributed by atoms with E-state index in [9.17, 15) is 4.79 Å². The molecule has 6 heteroatoms. The molecule has 0 bridgehead atoms. The third kappa shape index (κ3) is 3.62. The van der Waals surface area contributed by atoms with E-state index in [1.54, 1.807) is 0 Å². The quantitative estimate of drug-likeness (QED) is 0.844. The smallest absolute Gasteiger partial charge is 0.399 e. The average molecular weight is 304 g/mol. The normalized spacial score (nSPS) is 19.3. The zero-order chi connectivity index (χ0) is 16.5. The molecule has 2 amide bonds. The summed E-state index contributed by atoms with van der Waals surface area (Å²) in [5, 5.41) is 5.61. The number of carbonyl (C=O) groups is 1. The topological polar surface area (TPSA) is 59.6 Å². The van der Waals surface area contributed by atoms with E-state index in [-0.39, 0.29) is 23.3 Å². The Morgan fingerprint density at radius 1 is 1.14 bits per heavy atom. The van der Waals surface area contributed by atoms with E-state index in [4.69, 9.17) is 9.31 Å². The molecule has 1 saturated heterocycles. The standard InChI is InChI=1S/C16H25BN2O3/c1-11(2)18-14(20)19-13-9-7-8-12(10-13)17-21-15(3,4)16(5,6)22-17/h7-11H,1-6H3,(H2,18,19,20). The summed E-state index contributed by atoms with van der Waals surface area (Å²) in [6.07, 6.45) is 0. The van der Waals surface area contributed by atoms with Crippen LogP contribution in [0.4, 0.5) is 10.5 Å². The fraction of sp³-hybridized carbons (Fsp3) is 0.562. The summed E-state index contributed by atoms with van der Waals surface area (Å²) in [6.45, 7) is 11.9. The van der Waals surface area contributed by atoms with Crippen LogP contribution in [0.1, 0.15) is 41.5 Å². The zero-order valence-electron chi connectivity index (χ0n) is 14.2. The van der Waals surface area contributed by atoms with Crippen molar-refractivity contribution in [2.24, 2.45) is 0 Å². The van der Waals surface area contributed by atoms with Crippen LogP contribution in [0.3, 0.4) is 0 Å². The highest BCUT2D eigenvalue weighted by molar-refractivity contribution is 6.62. The van der Waals surface area contributed by atoms with Gasteiger partial charge in [-0.25, -0.2) is 4.79 Å². The number of nitrogens with one attached hydrogen (secondary N) is 2. The first-order valence-corrected chi connectivity index (χ1v) is 7.64. The van der Waals surface area contributed by atoms with Gasteiger partial charge in [0.05, 0.1) is 11.2 Å². The molecule has 0 unspecified atom stereocenters. The molecular weight excluding hydrogens is 279 g/mol. The molecule has 0 saturated carbocycles. The van der Waals surface area contributed by atoms with Gasteiger partial charge in [0.25, 0.3) is 0 Å². The van der Waals surface area contributed by atoms with Crippen LogP contribution in [0.15, 0.2) is 24.3 Å². The molecule has 0 aliphatic carbocycles. The molecule has 0 atom stereocenters. The van der Waals surface area contributed by atoms with Crippen molar-refractivity contribution in [1.29, 1.82) is 0 Å². The molecule has 1 aromatic rings. The van der Waals surface area contributed by atoms with Crippen LogP contribution in [0.5, 0.6) is 0 Å². The number of hydrogen-bond acceptors (Lipinski definition) is 3. The van der Waals surface area contributed by atoms with Gasteiger partial charge in [-0.15, -0.1) is 0 Å². The van der Waals surface area contributed by atoms with E-state index in [2.05, 4.69) is 10.6 Å². The van der Waals surface area contributed by atoms with Gasteiger partial charge in [0.15, 0.2) is 0 Å². The van der Waals surface area contributed by atoms with Crippen molar-refractivity contribution in [3.63, 3.8) is 0 Å². The maximum atomic E-state index is 11.8. The van der Waals surface area contributed by atoms with Crippen molar-refractivity contribution in [2.45, 2.75) is 58.8 Å². The van der Waals surface area contributed by atoms with Gasteiger partial charge < -0.3 is 19.9 Å². The van der Waals surface area contributed by atoms with E-state index in [0.29, 0.717) is 5.69 Å². The van der Waals surface area contributed by atoms with Gasteiger partial charge in [-0.05, 0) is 59.1 Å². The van der Waals surface area contributed by atoms with Crippen LogP contribution in [0, 0.1) is 0 Å². The van der Waals surface area contributed by atoms with Crippen molar-refractivity contribution in [3.05, 3.63) is 24.3 Å². The highest BCUT2D eigenvalue weighted by Gasteiger charge is 2.51. The summed E-state index contributed by atoms with van der Waals surface area (Å²) in [5.41, 5.74) is 0.845. The maximum Gasteiger partial charge on any atom is 0.494 e. The minimum atomic E-state index is -0.431. The molecule has 22 heavy (non-hydrogen) atoms. The van der Waals surface area contributed by atoms with E-state index in [1.165, 1.54) is 0 Å². The number of amides is 2. The van der Waals surface area contributed by atoms with Gasteiger partial charge in [0.1, 0.15) is 0 Å². The predicted octanol–water partition coefficient (Wildman–Crippen LogP) is 2.52. The highest BCUT2D eigenvalue weighted by atomic mass is 16.7. The second-order valence-electron chi connectivity index (χ2n) is 6.97. The van der Waals surface area contributed by atoms with Gasteiger partial charge in [0.2, 0.25) is 0 Å². The van der Waals surface area contributed by atoms with Gasteiger partial charge in [-0.2, -0.15) is 0 Å². The van der Waals surface area contributed by atoms with Gasteiger partial charge >= 0.3 is 13.1 Å². The van der Waals surface area contributed by atoms with Crippen LogP contribution >= 0.6 is 0 Å². The summed E-state index contributed by atoms with van der Waals surface area (Å²) in [4.78, 5) is 11.8. The lowest BCUT2D eigenvalue weighted by Crippen LogP contribution is -2.41. The lowest BCUT2D eigenvalue weighted by atomic mass is 9.79. The summed E-state index contributed by atoms with van der Waals surface area (Å²) in [5.74, 6) is 0. The monoisotopic (exact) mass is 304 g/mol. The molecule has 0 spiro atoms. The summed E-state index contributed by atoms with van der Waals surface area (Å²) in [6, 6.07) is 7.41. The van der Waals surface area contributed by atoms with Crippen molar-refractivity contribution in [1.82, 2.24) is 5.32 Å². The highest BCUT2D eigenvalue weighted by Crippen LogP contribution is 2.36. The lowest BCUT2D eigenvalue weighted by molar-refractivity contribution is 0.00578. The van der Waals surface area contributed by atoms with Crippen molar-refractivity contribution in [2.75, 3.05) is 5.32 Å². The Morgan fingerprint density at radius 2 is 1.73 bits per heavy atom. The molecule has 1 aromatic carbocycles. The predicted molar refractivity (Wildman–Crippen MR) is 89.4 cm³/mol. The Morgan fingerprint density at radius 3 is 2.27 bits per heavy atom. The van der Waals surface area contributed by atoms with Gasteiger partial charge in [-0.3, -0.25) is 0 Å². The third-order valence-corrected chi connectivity index (χ3v) is 4.09. The first-order valence-electron chi connectivity index (χ1n) is 7.64. The number of rotatable bonds is 3. The van der Waals surface area contributed by atoms with Crippen LogP contribution < -0.4 is 16.1 Å². The third-order valence-electron chi connectivity index (χ3n) is 4.09. The fourth-order valence-electron chi connectivity index (χ4n) is 2.17. The molecule has 1 heterocycles. The number of urea groups is 1. The number of anilines is 1. The fourth-order valence-corrected chi connectivity index (χ4v) is 2.17. The van der Waals surface area contributed by atoms with E-state index in [0.717, 1.165) is 5.46 Å². The molecule has 1 fully saturated rings. The van der Waals surface area contributed by atoms with Crippen molar-refractivity contribution in [3.8, 4) is 0 Å². The second-order valence-corrected chi connectivity index (χ2v) is 6.97. The van der Waals surface area contributed by atoms with Crippen LogP contribution in [0.2, 0.25) is 0 Å². The molecule has 2 rings (SSSR count). The minimum Gasteiger partial charge on any atom is -0.399 e. The Labute approximate surface area is 132 Å². The minimum absolute atomic E-state index is 0.0891. The number of hydrogen-bond donors (Lipinski definition) is 2. The van der Waals surface area contributed by atoms with Gasteiger partial charge in [0, 0.05) is 11.7 Å². The van der Waals surface area contributed by atoms with Crippen LogP contribution in [0.25, 0.3) is 0 Å². The maximum absolute atomic E-state index is 11.8. The summed E-state index contributed by atoms with van der Waals surface area (Å²) >= 11 is 0. The molecule has 1 aliphatic heterocycles. The number of benzene rings is 1. The Bertz CT molecular complexity index is 542. The molecule has 1 aliphatic rings. The SMILES string of the molecule is CC(C)NC(=O)Nc1cccc(B2OC(C)(C)C(C)(C)O2)c1. The van der Waals surface area contributed by atoms with Gasteiger partial charge in [-0.1, -0.05) is 12.1 Å². The van der Waals surface area contributed by atoms with Crippen LogP contribution in [-0.2, 0) is 9.31 Å². The van der Waals surface area contributed by atoms with E-state index < -0.39 is 7.12 Å².